The van der Waals surface area contributed by atoms with Gasteiger partial charge in [-0.1, -0.05) is 0 Å². The summed E-state index contributed by atoms with van der Waals surface area (Å²) < 4.78 is 6.97. The Morgan fingerprint density at radius 3 is 2.68 bits per heavy atom. The first-order valence-electron chi connectivity index (χ1n) is 10.2. The fraction of sp³-hybridized carbons (Fsp3) is 0.833. The van der Waals surface area contributed by atoms with Crippen molar-refractivity contribution in [2.75, 3.05) is 45.9 Å². The van der Waals surface area contributed by atoms with Crippen LogP contribution in [0.15, 0.2) is 6.33 Å². The zero-order valence-electron chi connectivity index (χ0n) is 16.2. The highest BCUT2D eigenvalue weighted by Gasteiger charge is 2.31. The van der Waals surface area contributed by atoms with E-state index in [-0.39, 0.29) is 31.1 Å². The number of amides is 2. The monoisotopic (exact) mass is 391 g/mol. The first-order chi connectivity index (χ1) is 13.7. The van der Waals surface area contributed by atoms with Crippen LogP contribution in [0.5, 0.6) is 0 Å². The van der Waals surface area contributed by atoms with E-state index in [9.17, 15) is 9.59 Å². The molecule has 1 aromatic heterocycles. The number of ether oxygens (including phenoxy) is 1. The highest BCUT2D eigenvalue weighted by molar-refractivity contribution is 5.78. The molecular formula is C18H29N7O3. The van der Waals surface area contributed by atoms with Gasteiger partial charge in [0.1, 0.15) is 19.5 Å². The molecule has 0 unspecified atom stereocenters. The van der Waals surface area contributed by atoms with Crippen LogP contribution in [0, 0.1) is 11.8 Å². The Morgan fingerprint density at radius 2 is 1.96 bits per heavy atom. The van der Waals surface area contributed by atoms with Crippen LogP contribution in [-0.4, -0.2) is 93.8 Å². The molecule has 10 nitrogen and oxygen atoms in total. The molecular weight excluding hydrogens is 362 g/mol. The van der Waals surface area contributed by atoms with Crippen molar-refractivity contribution in [3.8, 4) is 0 Å². The Labute approximate surface area is 164 Å². The molecule has 0 spiro atoms. The molecule has 2 amide bonds. The van der Waals surface area contributed by atoms with E-state index < -0.39 is 0 Å². The van der Waals surface area contributed by atoms with Gasteiger partial charge in [0.2, 0.25) is 11.8 Å². The molecule has 2 saturated heterocycles. The van der Waals surface area contributed by atoms with Crippen LogP contribution in [0.25, 0.3) is 0 Å². The first-order valence-corrected chi connectivity index (χ1v) is 10.2. The van der Waals surface area contributed by atoms with Gasteiger partial charge in [-0.05, 0) is 61.0 Å². The third-order valence-corrected chi connectivity index (χ3v) is 5.84. The van der Waals surface area contributed by atoms with Crippen LogP contribution >= 0.6 is 0 Å². The van der Waals surface area contributed by atoms with Crippen LogP contribution in [0.4, 0.5) is 0 Å². The minimum atomic E-state index is -0.178. The van der Waals surface area contributed by atoms with Gasteiger partial charge in [0.25, 0.3) is 0 Å². The lowest BCUT2D eigenvalue weighted by atomic mass is 9.95. The van der Waals surface area contributed by atoms with E-state index in [4.69, 9.17) is 4.74 Å². The normalized spacial score (nSPS) is 24.5. The van der Waals surface area contributed by atoms with Crippen molar-refractivity contribution >= 4 is 11.8 Å². The SMILES string of the molecule is O=C(Cn1cnnn1)NC[C@@H]1CN(CC2CCN(CC3CC3)CC2)C(=O)CO1. The van der Waals surface area contributed by atoms with Gasteiger partial charge in [-0.2, -0.15) is 0 Å². The molecule has 3 heterocycles. The Bertz CT molecular complexity index is 656. The van der Waals surface area contributed by atoms with Gasteiger partial charge >= 0.3 is 0 Å². The molecule has 4 rings (SSSR count). The number of nitrogens with zero attached hydrogens (tertiary/aromatic N) is 6. The van der Waals surface area contributed by atoms with Gasteiger partial charge < -0.3 is 19.9 Å². The maximum absolute atomic E-state index is 12.3. The average Bonchev–Trinajstić information content (AvgIpc) is 3.36. The highest BCUT2D eigenvalue weighted by Crippen LogP contribution is 2.31. The van der Waals surface area contributed by atoms with E-state index in [1.165, 1.54) is 30.4 Å². The molecule has 3 fully saturated rings. The number of carbonyl (C=O) groups is 2. The van der Waals surface area contributed by atoms with Crippen molar-refractivity contribution in [3.63, 3.8) is 0 Å². The highest BCUT2D eigenvalue weighted by atomic mass is 16.5. The van der Waals surface area contributed by atoms with Crippen LogP contribution in [-0.2, 0) is 20.9 Å². The summed E-state index contributed by atoms with van der Waals surface area (Å²) >= 11 is 0. The molecule has 0 aromatic carbocycles. The minimum Gasteiger partial charge on any atom is -0.365 e. The number of carbonyl (C=O) groups excluding carboxylic acids is 2. The van der Waals surface area contributed by atoms with Crippen molar-refractivity contribution in [2.24, 2.45) is 11.8 Å². The van der Waals surface area contributed by atoms with E-state index in [1.807, 2.05) is 4.90 Å². The van der Waals surface area contributed by atoms with Crippen LogP contribution in [0.3, 0.4) is 0 Å². The second-order valence-corrected chi connectivity index (χ2v) is 8.23. The molecule has 1 saturated carbocycles. The first kappa shape index (κ1) is 19.3. The quantitative estimate of drug-likeness (QED) is 0.615. The molecule has 154 valence electrons. The van der Waals surface area contributed by atoms with Crippen molar-refractivity contribution in [2.45, 2.75) is 38.3 Å². The Hall–Kier alpha value is -2.07. The summed E-state index contributed by atoms with van der Waals surface area (Å²) in [6.07, 6.45) is 6.33. The summed E-state index contributed by atoms with van der Waals surface area (Å²) in [5, 5.41) is 13.5. The third kappa shape index (κ3) is 5.48. The number of aromatic nitrogens is 4. The fourth-order valence-corrected chi connectivity index (χ4v) is 3.99. The van der Waals surface area contributed by atoms with E-state index >= 15 is 0 Å². The summed E-state index contributed by atoms with van der Waals surface area (Å²) in [6.45, 7) is 5.43. The number of hydrogen-bond donors (Lipinski definition) is 1. The van der Waals surface area contributed by atoms with Gasteiger partial charge in [-0.3, -0.25) is 9.59 Å². The molecule has 2 aliphatic heterocycles. The molecule has 1 aromatic rings. The van der Waals surface area contributed by atoms with Gasteiger partial charge in [-0.25, -0.2) is 4.68 Å². The molecule has 1 N–H and O–H groups in total. The lowest BCUT2D eigenvalue weighted by Crippen LogP contribution is -2.52. The Balaban J connectivity index is 1.18. The maximum atomic E-state index is 12.3. The van der Waals surface area contributed by atoms with Crippen molar-refractivity contribution in [3.05, 3.63) is 6.33 Å². The number of hydrogen-bond acceptors (Lipinski definition) is 7. The molecule has 0 bridgehead atoms. The molecule has 28 heavy (non-hydrogen) atoms. The minimum absolute atomic E-state index is 0.0525. The smallest absolute Gasteiger partial charge is 0.248 e. The van der Waals surface area contributed by atoms with E-state index in [1.54, 1.807) is 0 Å². The number of likely N-dealkylation sites (tertiary alicyclic amines) is 1. The van der Waals surface area contributed by atoms with Crippen LogP contribution in [0.1, 0.15) is 25.7 Å². The maximum Gasteiger partial charge on any atom is 0.248 e. The lowest BCUT2D eigenvalue weighted by Gasteiger charge is -2.38. The number of tetrazole rings is 1. The lowest BCUT2D eigenvalue weighted by molar-refractivity contribution is -0.150. The van der Waals surface area contributed by atoms with Gasteiger partial charge in [0.05, 0.1) is 6.10 Å². The molecule has 3 aliphatic rings. The molecule has 10 heteroatoms. The van der Waals surface area contributed by atoms with E-state index in [0.717, 1.165) is 38.4 Å². The second-order valence-electron chi connectivity index (χ2n) is 8.23. The van der Waals surface area contributed by atoms with Gasteiger partial charge in [-0.15, -0.1) is 5.10 Å². The largest absolute Gasteiger partial charge is 0.365 e. The third-order valence-electron chi connectivity index (χ3n) is 5.84. The van der Waals surface area contributed by atoms with Crippen molar-refractivity contribution < 1.29 is 14.3 Å². The summed E-state index contributed by atoms with van der Waals surface area (Å²) in [5.41, 5.74) is 0. The van der Waals surface area contributed by atoms with Crippen molar-refractivity contribution in [1.82, 2.24) is 35.3 Å². The molecule has 1 aliphatic carbocycles. The van der Waals surface area contributed by atoms with Gasteiger partial charge in [0, 0.05) is 26.2 Å². The average molecular weight is 391 g/mol. The standard InChI is InChI=1S/C18H29N7O3/c26-17(11-25-13-20-21-22-25)19-7-16-10-24(18(27)12-28-16)9-15-3-5-23(6-4-15)8-14-1-2-14/h13-16H,1-12H2,(H,19,26)/t16-/m1/s1. The van der Waals surface area contributed by atoms with Gasteiger partial charge in [0.15, 0.2) is 0 Å². The summed E-state index contributed by atoms with van der Waals surface area (Å²) in [6, 6.07) is 0. The zero-order valence-corrected chi connectivity index (χ0v) is 16.2. The fourth-order valence-electron chi connectivity index (χ4n) is 3.99. The Kier molecular flexibility index (Phi) is 6.16. The molecule has 1 atom stereocenters. The summed E-state index contributed by atoms with van der Waals surface area (Å²) in [7, 11) is 0. The number of rotatable bonds is 8. The second kappa shape index (κ2) is 8.95. The number of nitrogens with one attached hydrogen (secondary N) is 1. The summed E-state index contributed by atoms with van der Waals surface area (Å²) in [5.74, 6) is 1.38. The Morgan fingerprint density at radius 1 is 1.18 bits per heavy atom. The topological polar surface area (TPSA) is 105 Å². The summed E-state index contributed by atoms with van der Waals surface area (Å²) in [4.78, 5) is 28.7. The van der Waals surface area contributed by atoms with E-state index in [2.05, 4.69) is 25.7 Å². The number of morpholine rings is 1. The predicted octanol–water partition coefficient (Wildman–Crippen LogP) is -0.861. The van der Waals surface area contributed by atoms with Crippen LogP contribution in [0.2, 0.25) is 0 Å². The van der Waals surface area contributed by atoms with E-state index in [0.29, 0.717) is 19.0 Å². The number of piperidine rings is 1. The predicted molar refractivity (Wildman–Crippen MR) is 99.0 cm³/mol. The van der Waals surface area contributed by atoms with Crippen molar-refractivity contribution in [1.29, 1.82) is 0 Å². The molecule has 0 radical (unpaired) electrons. The zero-order chi connectivity index (χ0) is 19.3. The van der Waals surface area contributed by atoms with Crippen LogP contribution < -0.4 is 5.32 Å².